The summed E-state index contributed by atoms with van der Waals surface area (Å²) in [5.41, 5.74) is 0.939. The lowest BCUT2D eigenvalue weighted by Gasteiger charge is -2.13. The van der Waals surface area contributed by atoms with Crippen molar-refractivity contribution in [2.75, 3.05) is 5.73 Å². The average Bonchev–Trinajstić information content (AvgIpc) is 2.18. The van der Waals surface area contributed by atoms with Gasteiger partial charge in [0, 0.05) is 16.1 Å². The van der Waals surface area contributed by atoms with Gasteiger partial charge in [0.25, 0.3) is 0 Å². The van der Waals surface area contributed by atoms with Gasteiger partial charge in [-0.3, -0.25) is 4.79 Å². The summed E-state index contributed by atoms with van der Waals surface area (Å²) < 4.78 is 37.1. The Morgan fingerprint density at radius 1 is 1.47 bits per heavy atom. The van der Waals surface area contributed by atoms with Gasteiger partial charge in [0.15, 0.2) is 5.78 Å². The third-order valence-corrected chi connectivity index (χ3v) is 3.20. The summed E-state index contributed by atoms with van der Waals surface area (Å²) >= 11 is 2.67. The van der Waals surface area contributed by atoms with Crippen LogP contribution < -0.4 is 5.73 Å². The Hall–Kier alpha value is -0.690. The van der Waals surface area contributed by atoms with Crippen molar-refractivity contribution < 1.29 is 18.0 Å². The molecule has 17 heavy (non-hydrogen) atoms. The Kier molecular flexibility index (Phi) is 4.48. The molecule has 0 radical (unpaired) electrons. The van der Waals surface area contributed by atoms with Gasteiger partial charge in [-0.25, -0.2) is 0 Å². The van der Waals surface area contributed by atoms with Gasteiger partial charge in [-0.05, 0) is 24.8 Å². The molecular weight excluding hydrogens is 319 g/mol. The topological polar surface area (TPSA) is 43.1 Å². The molecule has 0 aliphatic rings. The highest BCUT2D eigenvalue weighted by Crippen LogP contribution is 2.41. The fraction of sp³-hybridized carbons (Fsp3) is 0.300. The predicted molar refractivity (Wildman–Crippen MR) is 65.5 cm³/mol. The Balaban J connectivity index is 3.22. The van der Waals surface area contributed by atoms with Crippen LogP contribution in [-0.2, 0) is 0 Å². The fourth-order valence-corrected chi connectivity index (χ4v) is 2.14. The quantitative estimate of drug-likeness (QED) is 0.397. The number of rotatable bonds is 3. The van der Waals surface area contributed by atoms with Crippen LogP contribution in [0.25, 0.3) is 0 Å². The van der Waals surface area contributed by atoms with Crippen molar-refractivity contribution in [2.45, 2.75) is 22.2 Å². The summed E-state index contributed by atoms with van der Waals surface area (Å²) in [7, 11) is 0. The second-order valence-electron chi connectivity index (χ2n) is 3.25. The van der Waals surface area contributed by atoms with E-state index < -0.39 is 16.1 Å². The van der Waals surface area contributed by atoms with Crippen LogP contribution in [0, 0.1) is 0 Å². The van der Waals surface area contributed by atoms with Crippen LogP contribution in [-0.4, -0.2) is 16.1 Å². The molecule has 0 saturated carbocycles. The van der Waals surface area contributed by atoms with Gasteiger partial charge in [-0.15, -0.1) is 0 Å². The number of thioether (sulfide) groups is 1. The van der Waals surface area contributed by atoms with Crippen LogP contribution in [0.2, 0.25) is 0 Å². The summed E-state index contributed by atoms with van der Waals surface area (Å²) in [6.45, 7) is 1.55. The maximum absolute atomic E-state index is 12.4. The second-order valence-corrected chi connectivity index (χ2v) is 5.70. The summed E-state index contributed by atoms with van der Waals surface area (Å²) in [6.07, 6.45) is 0. The highest BCUT2D eigenvalue weighted by Gasteiger charge is 2.32. The van der Waals surface area contributed by atoms with Crippen LogP contribution in [0.4, 0.5) is 18.9 Å². The number of ketones is 1. The first-order valence-corrected chi connectivity index (χ1v) is 6.28. The zero-order valence-corrected chi connectivity index (χ0v) is 11.1. The lowest BCUT2D eigenvalue weighted by atomic mass is 10.1. The van der Waals surface area contributed by atoms with Crippen LogP contribution >= 0.6 is 27.7 Å². The van der Waals surface area contributed by atoms with Crippen molar-refractivity contribution in [3.63, 3.8) is 0 Å². The van der Waals surface area contributed by atoms with E-state index in [0.29, 0.717) is 0 Å². The van der Waals surface area contributed by atoms with Crippen LogP contribution in [0.15, 0.2) is 23.1 Å². The molecule has 0 bridgehead atoms. The molecule has 2 nitrogen and oxygen atoms in total. The molecule has 1 aromatic rings. The third-order valence-electron chi connectivity index (χ3n) is 1.89. The number of nitrogen functional groups attached to an aromatic ring is 1. The molecule has 0 aliphatic carbocycles. The second kappa shape index (κ2) is 5.30. The van der Waals surface area contributed by atoms with E-state index in [2.05, 4.69) is 15.9 Å². The molecule has 0 aromatic heterocycles. The maximum atomic E-state index is 12.4. The average molecular weight is 328 g/mol. The Bertz CT molecular complexity index is 434. The Morgan fingerprint density at radius 2 is 2.06 bits per heavy atom. The Labute approximate surface area is 109 Å². The number of Topliss-reactive ketones (excluding diaryl/α,β-unsaturated/α-hetero) is 1. The van der Waals surface area contributed by atoms with E-state index in [1.807, 2.05) is 0 Å². The van der Waals surface area contributed by atoms with E-state index in [0.717, 1.165) is 0 Å². The number of hydrogen-bond donors (Lipinski definition) is 1. The highest BCUT2D eigenvalue weighted by atomic mass is 79.9. The van der Waals surface area contributed by atoms with E-state index in [-0.39, 0.29) is 27.9 Å². The molecule has 2 N–H and O–H groups in total. The summed E-state index contributed by atoms with van der Waals surface area (Å²) in [5, 5.41) is 0. The maximum Gasteiger partial charge on any atom is 0.446 e. The summed E-state index contributed by atoms with van der Waals surface area (Å²) in [4.78, 5) is 10.9. The van der Waals surface area contributed by atoms with E-state index in [1.165, 1.54) is 18.2 Å². The monoisotopic (exact) mass is 327 g/mol. The molecule has 7 heteroatoms. The van der Waals surface area contributed by atoms with E-state index in [1.54, 1.807) is 6.92 Å². The first-order valence-electron chi connectivity index (χ1n) is 4.55. The Morgan fingerprint density at radius 3 is 2.53 bits per heavy atom. The number of halogens is 4. The van der Waals surface area contributed by atoms with Crippen LogP contribution in [0.3, 0.4) is 0 Å². The van der Waals surface area contributed by atoms with Gasteiger partial charge in [0.1, 0.15) is 0 Å². The molecule has 0 spiro atoms. The SMILES string of the molecule is CC(Br)C(=O)c1cccc(N)c1SC(F)(F)F. The standard InChI is InChI=1S/C10H9BrF3NOS/c1-5(11)8(16)6-3-2-4-7(15)9(6)17-10(12,13)14/h2-5H,15H2,1H3. The zero-order valence-electron chi connectivity index (χ0n) is 8.72. The van der Waals surface area contributed by atoms with E-state index in [9.17, 15) is 18.0 Å². The van der Waals surface area contributed by atoms with Crippen molar-refractivity contribution >= 4 is 39.2 Å². The van der Waals surface area contributed by atoms with Gasteiger partial charge in [0.2, 0.25) is 0 Å². The van der Waals surface area contributed by atoms with Gasteiger partial charge in [0.05, 0.1) is 4.83 Å². The first kappa shape index (κ1) is 14.4. The molecule has 1 aromatic carbocycles. The predicted octanol–water partition coefficient (Wildman–Crippen LogP) is 3.85. The van der Waals surface area contributed by atoms with Gasteiger partial charge >= 0.3 is 5.51 Å². The largest absolute Gasteiger partial charge is 0.446 e. The number of anilines is 1. The molecule has 1 unspecified atom stereocenters. The van der Waals surface area contributed by atoms with Crippen molar-refractivity contribution in [3.8, 4) is 0 Å². The normalized spacial score (nSPS) is 13.5. The van der Waals surface area contributed by atoms with E-state index >= 15 is 0 Å². The molecule has 1 rings (SSSR count). The summed E-state index contributed by atoms with van der Waals surface area (Å²) in [6, 6.07) is 4.13. The fourth-order valence-electron chi connectivity index (χ4n) is 1.19. The molecule has 0 heterocycles. The van der Waals surface area contributed by atoms with Gasteiger partial charge < -0.3 is 5.73 Å². The number of carbonyl (C=O) groups is 1. The lowest BCUT2D eigenvalue weighted by Crippen LogP contribution is -2.13. The molecule has 94 valence electrons. The van der Waals surface area contributed by atoms with Crippen molar-refractivity contribution in [3.05, 3.63) is 23.8 Å². The lowest BCUT2D eigenvalue weighted by molar-refractivity contribution is -0.0328. The van der Waals surface area contributed by atoms with Crippen molar-refractivity contribution in [1.82, 2.24) is 0 Å². The summed E-state index contributed by atoms with van der Waals surface area (Å²) in [5.74, 6) is -0.427. The van der Waals surface area contributed by atoms with Crippen molar-refractivity contribution in [1.29, 1.82) is 0 Å². The minimum atomic E-state index is -4.47. The number of benzene rings is 1. The smallest absolute Gasteiger partial charge is 0.398 e. The zero-order chi connectivity index (χ0) is 13.2. The third kappa shape index (κ3) is 3.92. The van der Waals surface area contributed by atoms with Gasteiger partial charge in [-0.2, -0.15) is 13.2 Å². The van der Waals surface area contributed by atoms with Gasteiger partial charge in [-0.1, -0.05) is 28.1 Å². The van der Waals surface area contributed by atoms with Crippen LogP contribution in [0.1, 0.15) is 17.3 Å². The number of alkyl halides is 4. The minimum absolute atomic E-state index is 0.0169. The molecule has 0 saturated heterocycles. The number of hydrogen-bond acceptors (Lipinski definition) is 3. The molecule has 1 atom stereocenters. The molecule has 0 aliphatic heterocycles. The van der Waals surface area contributed by atoms with Crippen molar-refractivity contribution in [2.24, 2.45) is 0 Å². The minimum Gasteiger partial charge on any atom is -0.398 e. The first-order chi connectivity index (χ1) is 7.72. The molecule has 0 fully saturated rings. The molecular formula is C10H9BrF3NOS. The number of carbonyl (C=O) groups excluding carboxylic acids is 1. The van der Waals surface area contributed by atoms with Crippen LogP contribution in [0.5, 0.6) is 0 Å². The van der Waals surface area contributed by atoms with E-state index in [4.69, 9.17) is 5.73 Å². The highest BCUT2D eigenvalue weighted by molar-refractivity contribution is 9.10. The molecule has 0 amide bonds. The number of nitrogens with two attached hydrogens (primary N) is 1.